The van der Waals surface area contributed by atoms with Crippen LogP contribution in [-0.4, -0.2) is 70.5 Å². The summed E-state index contributed by atoms with van der Waals surface area (Å²) >= 11 is 0. The number of likely N-dealkylation sites (tertiary alicyclic amines) is 1. The molecule has 2 atom stereocenters. The fourth-order valence-corrected chi connectivity index (χ4v) is 6.27. The Hall–Kier alpha value is -2.08. The fourth-order valence-electron chi connectivity index (χ4n) is 5.23. The minimum atomic E-state index is -3.77. The number of piperidine rings is 1. The van der Waals surface area contributed by atoms with E-state index < -0.39 is 10.0 Å². The number of ether oxygens (including phenoxy) is 2. The van der Waals surface area contributed by atoms with Crippen LogP contribution >= 0.6 is 0 Å². The molecular weight excluding hydrogens is 485 g/mol. The minimum absolute atomic E-state index is 0.0909. The fraction of sp³-hybridized carbons (Fsp3) is 0.538. The van der Waals surface area contributed by atoms with E-state index in [0.717, 1.165) is 49.8 Å². The summed E-state index contributed by atoms with van der Waals surface area (Å²) in [7, 11) is -3.77. The molecule has 36 heavy (non-hydrogen) atoms. The van der Waals surface area contributed by atoms with Gasteiger partial charge in [0.05, 0.1) is 31.3 Å². The van der Waals surface area contributed by atoms with Crippen LogP contribution in [0.5, 0.6) is 5.75 Å². The molecule has 198 valence electrons. The van der Waals surface area contributed by atoms with E-state index in [1.807, 2.05) is 6.07 Å². The van der Waals surface area contributed by atoms with Crippen molar-refractivity contribution in [1.82, 2.24) is 9.62 Å². The lowest BCUT2D eigenvalue weighted by molar-refractivity contribution is 0.0530. The van der Waals surface area contributed by atoms with Crippen molar-refractivity contribution in [3.63, 3.8) is 0 Å². The Morgan fingerprint density at radius 2 is 1.81 bits per heavy atom. The number of sulfonamides is 1. The third kappa shape index (κ3) is 6.62. The molecule has 1 heterocycles. The van der Waals surface area contributed by atoms with Crippen molar-refractivity contribution in [3.8, 4) is 5.75 Å². The Morgan fingerprint density at radius 3 is 2.61 bits per heavy atom. The summed E-state index contributed by atoms with van der Waals surface area (Å²) in [6, 6.07) is 9.53. The minimum Gasteiger partial charge on any atom is -0.508 e. The number of phenols is 1. The molecule has 1 unspecified atom stereocenters. The Morgan fingerprint density at radius 1 is 1.03 bits per heavy atom. The highest BCUT2D eigenvalue weighted by molar-refractivity contribution is 7.89. The molecule has 0 amide bonds. The molecule has 8 nitrogen and oxygen atoms in total. The van der Waals surface area contributed by atoms with Crippen molar-refractivity contribution in [2.75, 3.05) is 46.1 Å². The molecule has 1 aliphatic heterocycles. The number of aromatic hydroxyl groups is 1. The van der Waals surface area contributed by atoms with Crippen molar-refractivity contribution < 1.29 is 27.4 Å². The summed E-state index contributed by atoms with van der Waals surface area (Å²) in [6.45, 7) is 2.87. The smallest absolute Gasteiger partial charge is 0.240 e. The lowest BCUT2D eigenvalue weighted by Crippen LogP contribution is -2.42. The van der Waals surface area contributed by atoms with Crippen LogP contribution in [0.15, 0.2) is 41.3 Å². The maximum Gasteiger partial charge on any atom is 0.240 e. The Labute approximate surface area is 212 Å². The molecule has 0 spiro atoms. The first-order chi connectivity index (χ1) is 17.4. The number of nitrogens with one attached hydrogen (secondary N) is 1. The van der Waals surface area contributed by atoms with Crippen molar-refractivity contribution in [2.45, 2.75) is 49.1 Å². The van der Waals surface area contributed by atoms with Crippen LogP contribution in [0.3, 0.4) is 0 Å². The summed E-state index contributed by atoms with van der Waals surface area (Å²) in [6.07, 6.45) is 4.43. The zero-order valence-corrected chi connectivity index (χ0v) is 21.3. The van der Waals surface area contributed by atoms with E-state index >= 15 is 0 Å². The first kappa shape index (κ1) is 27.0. The number of rotatable bonds is 12. The van der Waals surface area contributed by atoms with Gasteiger partial charge in [-0.15, -0.1) is 0 Å². The number of hydrogen-bond donors (Lipinski definition) is 3. The largest absolute Gasteiger partial charge is 0.508 e. The van der Waals surface area contributed by atoms with Gasteiger partial charge in [0.15, 0.2) is 0 Å². The summed E-state index contributed by atoms with van der Waals surface area (Å²) in [4.78, 5) is 2.48. The first-order valence-corrected chi connectivity index (χ1v) is 14.1. The van der Waals surface area contributed by atoms with Gasteiger partial charge in [0.25, 0.3) is 0 Å². The number of nitrogens with zero attached hydrogens (tertiary/aromatic N) is 1. The predicted octanol–water partition coefficient (Wildman–Crippen LogP) is 2.50. The molecule has 0 radical (unpaired) electrons. The lowest BCUT2D eigenvalue weighted by Gasteiger charge is -2.40. The molecule has 4 rings (SSSR count). The van der Waals surface area contributed by atoms with Crippen molar-refractivity contribution in [1.29, 1.82) is 0 Å². The lowest BCUT2D eigenvalue weighted by atomic mass is 9.92. The van der Waals surface area contributed by atoms with Gasteiger partial charge < -0.3 is 20.3 Å². The quantitative estimate of drug-likeness (QED) is 0.368. The number of hydrogen-bond acceptors (Lipinski definition) is 7. The highest BCUT2D eigenvalue weighted by Crippen LogP contribution is 2.40. The van der Waals surface area contributed by atoms with Crippen LogP contribution in [0.2, 0.25) is 0 Å². The van der Waals surface area contributed by atoms with E-state index in [1.54, 1.807) is 12.1 Å². The van der Waals surface area contributed by atoms with Gasteiger partial charge in [-0.05, 0) is 73.7 Å². The molecule has 2 aromatic carbocycles. The van der Waals surface area contributed by atoms with E-state index in [-0.39, 0.29) is 41.7 Å². The Balaban J connectivity index is 1.42. The van der Waals surface area contributed by atoms with E-state index in [4.69, 9.17) is 15.2 Å². The van der Waals surface area contributed by atoms with Gasteiger partial charge in [-0.3, -0.25) is 4.90 Å². The maximum atomic E-state index is 13.7. The summed E-state index contributed by atoms with van der Waals surface area (Å²) in [5.41, 5.74) is 8.16. The topological polar surface area (TPSA) is 114 Å². The van der Waals surface area contributed by atoms with Crippen LogP contribution in [0.4, 0.5) is 4.39 Å². The molecule has 0 aromatic heterocycles. The molecule has 10 heteroatoms. The van der Waals surface area contributed by atoms with Crippen LogP contribution in [0.1, 0.15) is 42.0 Å². The zero-order chi connectivity index (χ0) is 25.5. The highest BCUT2D eigenvalue weighted by atomic mass is 32.2. The first-order valence-electron chi connectivity index (χ1n) is 12.6. The third-order valence-electron chi connectivity index (χ3n) is 6.93. The molecule has 2 aromatic rings. The Bertz CT molecular complexity index is 1130. The molecule has 1 saturated heterocycles. The SMILES string of the molecule is NCCOCCOCCNS(=O)(=O)c1ccc(O)c(C2CCCCN2[C@H]2Cc3ccc(F)cc3C2)c1. The average molecular weight is 522 g/mol. The summed E-state index contributed by atoms with van der Waals surface area (Å²) in [5.74, 6) is -0.133. The summed E-state index contributed by atoms with van der Waals surface area (Å²) in [5, 5.41) is 10.7. The van der Waals surface area contributed by atoms with Gasteiger partial charge in [0.1, 0.15) is 11.6 Å². The molecule has 1 fully saturated rings. The molecule has 0 saturated carbocycles. The second-order valence-corrected chi connectivity index (χ2v) is 11.1. The van der Waals surface area contributed by atoms with Crippen LogP contribution in [0.25, 0.3) is 0 Å². The number of phenolic OH excluding ortho intramolecular Hbond substituents is 1. The van der Waals surface area contributed by atoms with Gasteiger partial charge >= 0.3 is 0 Å². The number of fused-ring (bicyclic) bond motifs is 1. The highest BCUT2D eigenvalue weighted by Gasteiger charge is 2.35. The van der Waals surface area contributed by atoms with Crippen molar-refractivity contribution in [3.05, 3.63) is 58.9 Å². The standard InChI is InChI=1S/C26H36FN3O5S/c27-21-5-4-19-16-22(17-20(19)15-21)30-10-2-1-3-25(30)24-18-23(6-7-26(24)31)36(32,33)29-9-12-35-14-13-34-11-8-28/h4-7,15,18,22,25,29,31H,1-3,8-14,16-17,28H2/t22-,25?/m0/s1. The van der Waals surface area contributed by atoms with Gasteiger partial charge in [-0.1, -0.05) is 12.5 Å². The van der Waals surface area contributed by atoms with Gasteiger partial charge in [0, 0.05) is 30.7 Å². The maximum absolute atomic E-state index is 13.7. The second kappa shape index (κ2) is 12.4. The number of nitrogens with two attached hydrogens (primary N) is 1. The van der Waals surface area contributed by atoms with E-state index in [1.165, 1.54) is 18.2 Å². The van der Waals surface area contributed by atoms with E-state index in [2.05, 4.69) is 9.62 Å². The molecule has 1 aliphatic carbocycles. The average Bonchev–Trinajstić information content (AvgIpc) is 3.29. The molecule has 4 N–H and O–H groups in total. The van der Waals surface area contributed by atoms with Crippen molar-refractivity contribution >= 4 is 10.0 Å². The molecule has 0 bridgehead atoms. The number of benzene rings is 2. The normalized spacial score (nSPS) is 20.5. The van der Waals surface area contributed by atoms with E-state index in [9.17, 15) is 17.9 Å². The van der Waals surface area contributed by atoms with Gasteiger partial charge in [-0.2, -0.15) is 0 Å². The Kier molecular flexibility index (Phi) is 9.32. The predicted molar refractivity (Wildman–Crippen MR) is 135 cm³/mol. The molecular formula is C26H36FN3O5S. The monoisotopic (exact) mass is 521 g/mol. The van der Waals surface area contributed by atoms with Gasteiger partial charge in [0.2, 0.25) is 10.0 Å². The van der Waals surface area contributed by atoms with Crippen molar-refractivity contribution in [2.24, 2.45) is 5.73 Å². The number of halogens is 1. The summed E-state index contributed by atoms with van der Waals surface area (Å²) < 4.78 is 52.8. The zero-order valence-electron chi connectivity index (χ0n) is 20.5. The second-order valence-electron chi connectivity index (χ2n) is 9.36. The van der Waals surface area contributed by atoms with Crippen LogP contribution in [0, 0.1) is 5.82 Å². The van der Waals surface area contributed by atoms with Crippen LogP contribution in [-0.2, 0) is 32.3 Å². The van der Waals surface area contributed by atoms with Crippen LogP contribution < -0.4 is 10.5 Å². The molecule has 2 aliphatic rings. The van der Waals surface area contributed by atoms with E-state index in [0.29, 0.717) is 31.9 Å². The van der Waals surface area contributed by atoms with Gasteiger partial charge in [-0.25, -0.2) is 17.5 Å². The third-order valence-corrected chi connectivity index (χ3v) is 8.39.